The summed E-state index contributed by atoms with van der Waals surface area (Å²) in [7, 11) is 3.36. The van der Waals surface area contributed by atoms with Crippen molar-refractivity contribution in [1.29, 1.82) is 0 Å². The molecule has 1 heterocycles. The summed E-state index contributed by atoms with van der Waals surface area (Å²) >= 11 is 0. The van der Waals surface area contributed by atoms with Gasteiger partial charge in [0, 0.05) is 12.0 Å². The van der Waals surface area contributed by atoms with Crippen molar-refractivity contribution in [3.63, 3.8) is 0 Å². The van der Waals surface area contributed by atoms with E-state index in [0.29, 0.717) is 0 Å². The molecule has 88 valence electrons. The van der Waals surface area contributed by atoms with Crippen LogP contribution in [0.5, 0.6) is 11.5 Å². The maximum Gasteiger partial charge on any atom is 0.122 e. The van der Waals surface area contributed by atoms with E-state index in [1.807, 2.05) is 18.2 Å². The van der Waals surface area contributed by atoms with Crippen LogP contribution in [0, 0.1) is 0 Å². The summed E-state index contributed by atoms with van der Waals surface area (Å²) in [5.74, 6) is 1.76. The number of hydrogen-bond donors (Lipinski definition) is 0. The molecular weight excluding hydrogens is 204 g/mol. The number of rotatable bonds is 4. The third kappa shape index (κ3) is 2.14. The van der Waals surface area contributed by atoms with Gasteiger partial charge in [-0.05, 0) is 31.5 Å². The SMILES string of the molecule is COc1ccc(OC)c(CC2(C)CCO2)c1. The van der Waals surface area contributed by atoms with Crippen LogP contribution in [0.15, 0.2) is 18.2 Å². The minimum absolute atomic E-state index is 0.0281. The predicted octanol–water partition coefficient (Wildman–Crippen LogP) is 2.43. The van der Waals surface area contributed by atoms with E-state index < -0.39 is 0 Å². The Morgan fingerprint density at radius 1 is 1.31 bits per heavy atom. The summed E-state index contributed by atoms with van der Waals surface area (Å²) in [4.78, 5) is 0. The van der Waals surface area contributed by atoms with Gasteiger partial charge in [0.15, 0.2) is 0 Å². The zero-order valence-corrected chi connectivity index (χ0v) is 10.1. The van der Waals surface area contributed by atoms with E-state index in [-0.39, 0.29) is 5.60 Å². The van der Waals surface area contributed by atoms with Crippen LogP contribution in [0.2, 0.25) is 0 Å². The Labute approximate surface area is 96.3 Å². The highest BCUT2D eigenvalue weighted by Gasteiger charge is 2.34. The quantitative estimate of drug-likeness (QED) is 0.783. The Kier molecular flexibility index (Phi) is 3.06. The number of hydrogen-bond acceptors (Lipinski definition) is 3. The molecule has 3 nitrogen and oxygen atoms in total. The van der Waals surface area contributed by atoms with Crippen LogP contribution in [0.1, 0.15) is 18.9 Å². The summed E-state index contributed by atoms with van der Waals surface area (Å²) < 4.78 is 16.2. The van der Waals surface area contributed by atoms with E-state index in [0.717, 1.165) is 36.5 Å². The van der Waals surface area contributed by atoms with Gasteiger partial charge in [0.1, 0.15) is 11.5 Å². The van der Waals surface area contributed by atoms with Gasteiger partial charge in [-0.15, -0.1) is 0 Å². The third-order valence-corrected chi connectivity index (χ3v) is 3.13. The predicted molar refractivity (Wildman–Crippen MR) is 62.2 cm³/mol. The van der Waals surface area contributed by atoms with E-state index in [9.17, 15) is 0 Å². The number of benzene rings is 1. The first-order valence-electron chi connectivity index (χ1n) is 5.52. The standard InChI is InChI=1S/C13H18O3/c1-13(6-7-16-13)9-10-8-11(14-2)4-5-12(10)15-3/h4-5,8H,6-7,9H2,1-3H3. The Balaban J connectivity index is 2.22. The Morgan fingerprint density at radius 3 is 2.56 bits per heavy atom. The van der Waals surface area contributed by atoms with Gasteiger partial charge in [0.05, 0.1) is 26.4 Å². The van der Waals surface area contributed by atoms with E-state index in [4.69, 9.17) is 14.2 Å². The molecule has 0 amide bonds. The van der Waals surface area contributed by atoms with Gasteiger partial charge in [-0.2, -0.15) is 0 Å². The van der Waals surface area contributed by atoms with Crippen LogP contribution in [0.4, 0.5) is 0 Å². The van der Waals surface area contributed by atoms with Crippen molar-refractivity contribution in [3.8, 4) is 11.5 Å². The van der Waals surface area contributed by atoms with Crippen molar-refractivity contribution >= 4 is 0 Å². The third-order valence-electron chi connectivity index (χ3n) is 3.13. The highest BCUT2D eigenvalue weighted by molar-refractivity contribution is 5.41. The van der Waals surface area contributed by atoms with Gasteiger partial charge in [-0.1, -0.05) is 0 Å². The van der Waals surface area contributed by atoms with Gasteiger partial charge in [-0.25, -0.2) is 0 Å². The second-order valence-electron chi connectivity index (χ2n) is 4.40. The molecular formula is C13H18O3. The van der Waals surface area contributed by atoms with Gasteiger partial charge in [0.2, 0.25) is 0 Å². The molecule has 2 rings (SSSR count). The first-order valence-corrected chi connectivity index (χ1v) is 5.52. The lowest BCUT2D eigenvalue weighted by atomic mass is 9.89. The molecule has 0 aromatic heterocycles. The van der Waals surface area contributed by atoms with E-state index in [1.165, 1.54) is 0 Å². The highest BCUT2D eigenvalue weighted by atomic mass is 16.5. The minimum atomic E-state index is -0.0281. The van der Waals surface area contributed by atoms with Crippen molar-refractivity contribution in [3.05, 3.63) is 23.8 Å². The minimum Gasteiger partial charge on any atom is -0.497 e. The first-order chi connectivity index (χ1) is 7.67. The molecule has 1 fully saturated rings. The smallest absolute Gasteiger partial charge is 0.122 e. The zero-order chi connectivity index (χ0) is 11.6. The van der Waals surface area contributed by atoms with Crippen molar-refractivity contribution < 1.29 is 14.2 Å². The largest absolute Gasteiger partial charge is 0.497 e. The maximum absolute atomic E-state index is 5.60. The number of methoxy groups -OCH3 is 2. The molecule has 0 saturated carbocycles. The molecule has 0 N–H and O–H groups in total. The number of ether oxygens (including phenoxy) is 3. The molecule has 1 aromatic rings. The Hall–Kier alpha value is -1.22. The fourth-order valence-corrected chi connectivity index (χ4v) is 2.01. The lowest BCUT2D eigenvalue weighted by Gasteiger charge is -2.39. The van der Waals surface area contributed by atoms with Crippen molar-refractivity contribution in [1.82, 2.24) is 0 Å². The lowest BCUT2D eigenvalue weighted by Crippen LogP contribution is -2.42. The molecule has 0 radical (unpaired) electrons. The van der Waals surface area contributed by atoms with Crippen LogP contribution in [0.3, 0.4) is 0 Å². The average molecular weight is 222 g/mol. The Morgan fingerprint density at radius 2 is 2.06 bits per heavy atom. The zero-order valence-electron chi connectivity index (χ0n) is 10.1. The lowest BCUT2D eigenvalue weighted by molar-refractivity contribution is -0.133. The summed E-state index contributed by atoms with van der Waals surface area (Å²) in [5.41, 5.74) is 1.11. The fourth-order valence-electron chi connectivity index (χ4n) is 2.01. The monoisotopic (exact) mass is 222 g/mol. The van der Waals surface area contributed by atoms with E-state index in [1.54, 1.807) is 14.2 Å². The molecule has 1 aliphatic heterocycles. The molecule has 1 aromatic carbocycles. The average Bonchev–Trinajstić information content (AvgIpc) is 2.27. The van der Waals surface area contributed by atoms with E-state index in [2.05, 4.69) is 6.92 Å². The summed E-state index contributed by atoms with van der Waals surface area (Å²) in [6.07, 6.45) is 1.97. The maximum atomic E-state index is 5.60. The first kappa shape index (κ1) is 11.3. The van der Waals surface area contributed by atoms with Gasteiger partial charge in [0.25, 0.3) is 0 Å². The molecule has 1 unspecified atom stereocenters. The van der Waals surface area contributed by atoms with Gasteiger partial charge < -0.3 is 14.2 Å². The highest BCUT2D eigenvalue weighted by Crippen LogP contribution is 2.34. The molecule has 1 aliphatic rings. The van der Waals surface area contributed by atoms with Crippen molar-refractivity contribution in [2.45, 2.75) is 25.4 Å². The second-order valence-corrected chi connectivity index (χ2v) is 4.40. The van der Waals surface area contributed by atoms with Gasteiger partial charge in [-0.3, -0.25) is 0 Å². The summed E-state index contributed by atoms with van der Waals surface area (Å²) in [6.45, 7) is 3.00. The molecule has 16 heavy (non-hydrogen) atoms. The van der Waals surface area contributed by atoms with Crippen LogP contribution >= 0.6 is 0 Å². The van der Waals surface area contributed by atoms with Crippen LogP contribution in [0.25, 0.3) is 0 Å². The molecule has 1 saturated heterocycles. The topological polar surface area (TPSA) is 27.7 Å². The fraction of sp³-hybridized carbons (Fsp3) is 0.538. The van der Waals surface area contributed by atoms with Crippen LogP contribution in [-0.2, 0) is 11.2 Å². The van der Waals surface area contributed by atoms with Crippen molar-refractivity contribution in [2.75, 3.05) is 20.8 Å². The van der Waals surface area contributed by atoms with Crippen LogP contribution < -0.4 is 9.47 Å². The normalized spacial score (nSPS) is 23.7. The molecule has 0 spiro atoms. The molecule has 0 aliphatic carbocycles. The molecule has 1 atom stereocenters. The second kappa shape index (κ2) is 4.34. The van der Waals surface area contributed by atoms with Crippen molar-refractivity contribution in [2.24, 2.45) is 0 Å². The summed E-state index contributed by atoms with van der Waals surface area (Å²) in [5, 5.41) is 0. The Bertz CT molecular complexity index is 369. The molecule has 3 heteroatoms. The summed E-state index contributed by atoms with van der Waals surface area (Å²) in [6, 6.07) is 5.87. The van der Waals surface area contributed by atoms with Gasteiger partial charge >= 0.3 is 0 Å². The molecule has 0 bridgehead atoms. The van der Waals surface area contributed by atoms with E-state index >= 15 is 0 Å². The van der Waals surface area contributed by atoms with Crippen LogP contribution in [-0.4, -0.2) is 26.4 Å².